The van der Waals surface area contributed by atoms with Gasteiger partial charge in [-0.2, -0.15) is 0 Å². The summed E-state index contributed by atoms with van der Waals surface area (Å²) < 4.78 is 5.74. The van der Waals surface area contributed by atoms with E-state index in [9.17, 15) is 0 Å². The van der Waals surface area contributed by atoms with Gasteiger partial charge < -0.3 is 4.74 Å². The molecule has 1 heterocycles. The number of benzene rings is 1. The maximum atomic E-state index is 5.74. The van der Waals surface area contributed by atoms with Crippen molar-refractivity contribution in [2.45, 2.75) is 33.3 Å². The lowest BCUT2D eigenvalue weighted by Crippen LogP contribution is -2.06. The van der Waals surface area contributed by atoms with Crippen LogP contribution in [0.3, 0.4) is 0 Å². The molecule has 74 valence electrons. The van der Waals surface area contributed by atoms with Gasteiger partial charge in [0, 0.05) is 6.42 Å². The highest BCUT2D eigenvalue weighted by molar-refractivity contribution is 5.71. The third-order valence-corrected chi connectivity index (χ3v) is 2.76. The van der Waals surface area contributed by atoms with Gasteiger partial charge in [-0.3, -0.25) is 0 Å². The van der Waals surface area contributed by atoms with E-state index in [2.05, 4.69) is 38.1 Å². The SMILES string of the molecule is CCC1=C(CC)c2ccccc2CO1. The van der Waals surface area contributed by atoms with Crippen LogP contribution in [-0.4, -0.2) is 0 Å². The van der Waals surface area contributed by atoms with E-state index in [1.807, 2.05) is 0 Å². The van der Waals surface area contributed by atoms with Crippen molar-refractivity contribution in [3.8, 4) is 0 Å². The molecule has 2 rings (SSSR count). The quantitative estimate of drug-likeness (QED) is 0.686. The van der Waals surface area contributed by atoms with E-state index < -0.39 is 0 Å². The summed E-state index contributed by atoms with van der Waals surface area (Å²) in [5, 5.41) is 0. The molecule has 0 radical (unpaired) electrons. The molecule has 0 spiro atoms. The molecule has 1 nitrogen and oxygen atoms in total. The lowest BCUT2D eigenvalue weighted by atomic mass is 9.94. The predicted molar refractivity (Wildman–Crippen MR) is 58.7 cm³/mol. The molecule has 0 saturated heterocycles. The van der Waals surface area contributed by atoms with E-state index >= 15 is 0 Å². The van der Waals surface area contributed by atoms with Gasteiger partial charge in [0.2, 0.25) is 0 Å². The molecule has 0 amide bonds. The molecular weight excluding hydrogens is 172 g/mol. The van der Waals surface area contributed by atoms with Crippen LogP contribution in [0.2, 0.25) is 0 Å². The topological polar surface area (TPSA) is 9.23 Å². The summed E-state index contributed by atoms with van der Waals surface area (Å²) in [5.74, 6) is 1.17. The van der Waals surface area contributed by atoms with Crippen LogP contribution in [0.25, 0.3) is 5.57 Å². The van der Waals surface area contributed by atoms with Gasteiger partial charge in [-0.15, -0.1) is 0 Å². The Morgan fingerprint density at radius 2 is 1.93 bits per heavy atom. The summed E-state index contributed by atoms with van der Waals surface area (Å²) in [5.41, 5.74) is 4.09. The average Bonchev–Trinajstić information content (AvgIpc) is 2.27. The van der Waals surface area contributed by atoms with Crippen molar-refractivity contribution in [3.05, 3.63) is 41.2 Å². The van der Waals surface area contributed by atoms with E-state index in [1.54, 1.807) is 0 Å². The van der Waals surface area contributed by atoms with Crippen LogP contribution in [0.1, 0.15) is 37.8 Å². The zero-order valence-corrected chi connectivity index (χ0v) is 8.84. The molecule has 14 heavy (non-hydrogen) atoms. The molecular formula is C13H16O. The molecule has 1 aliphatic rings. The fourth-order valence-corrected chi connectivity index (χ4v) is 2.05. The molecule has 1 heteroatoms. The molecule has 0 aliphatic carbocycles. The number of ether oxygens (including phenoxy) is 1. The highest BCUT2D eigenvalue weighted by atomic mass is 16.5. The Hall–Kier alpha value is -1.24. The highest BCUT2D eigenvalue weighted by Crippen LogP contribution is 2.32. The lowest BCUT2D eigenvalue weighted by molar-refractivity contribution is 0.187. The average molecular weight is 188 g/mol. The molecule has 1 aromatic carbocycles. The smallest absolute Gasteiger partial charge is 0.113 e. The van der Waals surface area contributed by atoms with Crippen LogP contribution in [-0.2, 0) is 11.3 Å². The van der Waals surface area contributed by atoms with Gasteiger partial charge in [0.25, 0.3) is 0 Å². The van der Waals surface area contributed by atoms with Crippen molar-refractivity contribution in [1.29, 1.82) is 0 Å². The minimum atomic E-state index is 0.739. The van der Waals surface area contributed by atoms with E-state index in [-0.39, 0.29) is 0 Å². The fraction of sp³-hybridized carbons (Fsp3) is 0.385. The van der Waals surface area contributed by atoms with Crippen molar-refractivity contribution >= 4 is 5.57 Å². The largest absolute Gasteiger partial charge is 0.493 e. The van der Waals surface area contributed by atoms with Crippen molar-refractivity contribution in [1.82, 2.24) is 0 Å². The molecule has 0 saturated carbocycles. The van der Waals surface area contributed by atoms with Gasteiger partial charge in [-0.05, 0) is 23.1 Å². The van der Waals surface area contributed by atoms with Crippen molar-refractivity contribution in [3.63, 3.8) is 0 Å². The van der Waals surface area contributed by atoms with Crippen molar-refractivity contribution < 1.29 is 4.74 Å². The first-order chi connectivity index (χ1) is 6.86. The molecule has 0 fully saturated rings. The summed E-state index contributed by atoms with van der Waals surface area (Å²) in [6.45, 7) is 5.08. The minimum absolute atomic E-state index is 0.739. The number of allylic oxidation sites excluding steroid dienone is 2. The van der Waals surface area contributed by atoms with Crippen LogP contribution < -0.4 is 0 Å². The van der Waals surface area contributed by atoms with E-state index in [1.165, 1.54) is 22.5 Å². The maximum Gasteiger partial charge on any atom is 0.113 e. The number of hydrogen-bond acceptors (Lipinski definition) is 1. The second-order valence-electron chi connectivity index (χ2n) is 3.55. The third kappa shape index (κ3) is 1.43. The number of hydrogen-bond donors (Lipinski definition) is 0. The zero-order valence-electron chi connectivity index (χ0n) is 8.84. The van der Waals surface area contributed by atoms with E-state index in [0.29, 0.717) is 0 Å². The van der Waals surface area contributed by atoms with Crippen LogP contribution in [0.5, 0.6) is 0 Å². The summed E-state index contributed by atoms with van der Waals surface area (Å²) in [4.78, 5) is 0. The monoisotopic (exact) mass is 188 g/mol. The van der Waals surface area contributed by atoms with E-state index in [0.717, 1.165) is 19.4 Å². The summed E-state index contributed by atoms with van der Waals surface area (Å²) in [7, 11) is 0. The van der Waals surface area contributed by atoms with Gasteiger partial charge in [0.1, 0.15) is 6.61 Å². The normalized spacial score (nSPS) is 15.0. The fourth-order valence-electron chi connectivity index (χ4n) is 2.05. The molecule has 0 bridgehead atoms. The van der Waals surface area contributed by atoms with Crippen LogP contribution >= 0.6 is 0 Å². The van der Waals surface area contributed by atoms with Gasteiger partial charge in [-0.25, -0.2) is 0 Å². The van der Waals surface area contributed by atoms with Gasteiger partial charge in [0.15, 0.2) is 0 Å². The Morgan fingerprint density at radius 1 is 1.14 bits per heavy atom. The third-order valence-electron chi connectivity index (χ3n) is 2.76. The van der Waals surface area contributed by atoms with Crippen LogP contribution in [0, 0.1) is 0 Å². The van der Waals surface area contributed by atoms with Gasteiger partial charge in [-0.1, -0.05) is 38.1 Å². The maximum absolute atomic E-state index is 5.74. The summed E-state index contributed by atoms with van der Waals surface area (Å²) in [6.07, 6.45) is 2.05. The summed E-state index contributed by atoms with van der Waals surface area (Å²) in [6, 6.07) is 8.53. The molecule has 0 aromatic heterocycles. The van der Waals surface area contributed by atoms with E-state index in [4.69, 9.17) is 4.74 Å². The summed E-state index contributed by atoms with van der Waals surface area (Å²) >= 11 is 0. The standard InChI is InChI=1S/C13H16O/c1-3-11-12-8-6-5-7-10(12)9-14-13(11)4-2/h5-8H,3-4,9H2,1-2H3. The minimum Gasteiger partial charge on any atom is -0.493 e. The first-order valence-electron chi connectivity index (χ1n) is 5.30. The highest BCUT2D eigenvalue weighted by Gasteiger charge is 2.16. The van der Waals surface area contributed by atoms with Crippen molar-refractivity contribution in [2.24, 2.45) is 0 Å². The number of fused-ring (bicyclic) bond motifs is 1. The molecule has 1 aliphatic heterocycles. The second kappa shape index (κ2) is 3.87. The molecule has 1 aromatic rings. The molecule has 0 unspecified atom stereocenters. The first-order valence-corrected chi connectivity index (χ1v) is 5.30. The Morgan fingerprint density at radius 3 is 2.64 bits per heavy atom. The predicted octanol–water partition coefficient (Wildman–Crippen LogP) is 3.75. The van der Waals surface area contributed by atoms with Crippen molar-refractivity contribution in [2.75, 3.05) is 0 Å². The van der Waals surface area contributed by atoms with Gasteiger partial charge >= 0.3 is 0 Å². The van der Waals surface area contributed by atoms with Crippen LogP contribution in [0.4, 0.5) is 0 Å². The Kier molecular flexibility index (Phi) is 2.58. The van der Waals surface area contributed by atoms with Gasteiger partial charge in [0.05, 0.1) is 5.76 Å². The Balaban J connectivity index is 2.52. The van der Waals surface area contributed by atoms with Crippen LogP contribution in [0.15, 0.2) is 30.0 Å². The molecule has 0 atom stereocenters. The first kappa shape index (κ1) is 9.32. The lowest BCUT2D eigenvalue weighted by Gasteiger charge is -2.22. The molecule has 0 N–H and O–H groups in total. The number of rotatable bonds is 2. The Bertz CT molecular complexity index is 363. The zero-order chi connectivity index (χ0) is 9.97. The second-order valence-corrected chi connectivity index (χ2v) is 3.55. The Labute approximate surface area is 85.4 Å².